The van der Waals surface area contributed by atoms with Crippen LogP contribution in [-0.4, -0.2) is 5.66 Å². The molecule has 0 spiro atoms. The molecule has 1 aliphatic heterocycles. The van der Waals surface area contributed by atoms with E-state index in [1.807, 2.05) is 0 Å². The molecule has 1 aliphatic rings. The summed E-state index contributed by atoms with van der Waals surface area (Å²) < 4.78 is 0. The Morgan fingerprint density at radius 1 is 1.38 bits per heavy atom. The Morgan fingerprint density at radius 3 is 2.38 bits per heavy atom. The van der Waals surface area contributed by atoms with Gasteiger partial charge in [0.15, 0.2) is 0 Å². The first-order valence-corrected chi connectivity index (χ1v) is 3.31. The SMILES string of the molecule is CCCCC1(C)NN1. The standard InChI is InChI=1S/C6H14N2/c1-3-4-5-6(2)7-8-6/h7-8H,3-5H2,1-2H3. The van der Waals surface area contributed by atoms with E-state index < -0.39 is 0 Å². The summed E-state index contributed by atoms with van der Waals surface area (Å²) in [6.45, 7) is 4.40. The highest BCUT2D eigenvalue weighted by Crippen LogP contribution is 2.16. The van der Waals surface area contributed by atoms with Gasteiger partial charge in [-0.2, -0.15) is 0 Å². The Morgan fingerprint density at radius 2 is 2.00 bits per heavy atom. The number of hydrazine groups is 1. The highest BCUT2D eigenvalue weighted by Gasteiger charge is 2.34. The van der Waals surface area contributed by atoms with Crippen molar-refractivity contribution in [3.63, 3.8) is 0 Å². The minimum atomic E-state index is 0.302. The van der Waals surface area contributed by atoms with Gasteiger partial charge in [0.1, 0.15) is 0 Å². The fraction of sp³-hybridized carbons (Fsp3) is 1.00. The minimum Gasteiger partial charge on any atom is -0.235 e. The van der Waals surface area contributed by atoms with Crippen molar-refractivity contribution in [2.45, 2.75) is 38.8 Å². The second kappa shape index (κ2) is 2.03. The molecule has 0 aliphatic carbocycles. The molecule has 0 atom stereocenters. The normalized spacial score (nSPS) is 23.2. The van der Waals surface area contributed by atoms with Crippen LogP contribution in [0.25, 0.3) is 0 Å². The highest BCUT2D eigenvalue weighted by molar-refractivity contribution is 4.88. The maximum atomic E-state index is 3.10. The lowest BCUT2D eigenvalue weighted by atomic mass is 10.1. The summed E-state index contributed by atoms with van der Waals surface area (Å²) in [7, 11) is 0. The first-order chi connectivity index (χ1) is 3.77. The minimum absolute atomic E-state index is 0.302. The lowest BCUT2D eigenvalue weighted by Crippen LogP contribution is -2.10. The van der Waals surface area contributed by atoms with Crippen molar-refractivity contribution >= 4 is 0 Å². The van der Waals surface area contributed by atoms with Gasteiger partial charge in [0.25, 0.3) is 0 Å². The molecule has 0 amide bonds. The van der Waals surface area contributed by atoms with E-state index in [0.717, 1.165) is 0 Å². The van der Waals surface area contributed by atoms with Gasteiger partial charge >= 0.3 is 0 Å². The molecule has 2 nitrogen and oxygen atoms in total. The van der Waals surface area contributed by atoms with E-state index in [-0.39, 0.29) is 0 Å². The molecule has 0 aromatic rings. The molecule has 2 N–H and O–H groups in total. The number of rotatable bonds is 3. The van der Waals surface area contributed by atoms with E-state index in [9.17, 15) is 0 Å². The monoisotopic (exact) mass is 114 g/mol. The van der Waals surface area contributed by atoms with Gasteiger partial charge in [-0.3, -0.25) is 0 Å². The van der Waals surface area contributed by atoms with Gasteiger partial charge in [0, 0.05) is 0 Å². The molecule has 0 unspecified atom stereocenters. The summed E-state index contributed by atoms with van der Waals surface area (Å²) in [6, 6.07) is 0. The molecular weight excluding hydrogens is 100 g/mol. The van der Waals surface area contributed by atoms with Crippen molar-refractivity contribution in [3.8, 4) is 0 Å². The van der Waals surface area contributed by atoms with Crippen LogP contribution in [0.1, 0.15) is 33.1 Å². The van der Waals surface area contributed by atoms with E-state index >= 15 is 0 Å². The topological polar surface area (TPSA) is 43.9 Å². The van der Waals surface area contributed by atoms with Crippen LogP contribution >= 0.6 is 0 Å². The Labute approximate surface area is 50.6 Å². The zero-order valence-electron chi connectivity index (χ0n) is 5.62. The lowest BCUT2D eigenvalue weighted by molar-refractivity contribution is 0.565. The van der Waals surface area contributed by atoms with Crippen molar-refractivity contribution in [2.75, 3.05) is 0 Å². The van der Waals surface area contributed by atoms with Crippen LogP contribution in [0, 0.1) is 0 Å². The van der Waals surface area contributed by atoms with Crippen molar-refractivity contribution < 1.29 is 0 Å². The van der Waals surface area contributed by atoms with E-state index in [0.29, 0.717) is 5.66 Å². The van der Waals surface area contributed by atoms with Gasteiger partial charge in [-0.15, -0.1) is 0 Å². The first-order valence-electron chi connectivity index (χ1n) is 3.31. The molecular formula is C6H14N2. The van der Waals surface area contributed by atoms with Crippen molar-refractivity contribution in [1.82, 2.24) is 10.9 Å². The van der Waals surface area contributed by atoms with E-state index in [4.69, 9.17) is 0 Å². The zero-order valence-corrected chi connectivity index (χ0v) is 5.62. The maximum Gasteiger partial charge on any atom is 0.0915 e. The molecule has 0 aromatic carbocycles. The smallest absolute Gasteiger partial charge is 0.0915 e. The molecule has 2 heteroatoms. The Bertz CT molecular complexity index is 76.6. The van der Waals surface area contributed by atoms with Crippen molar-refractivity contribution in [2.24, 2.45) is 0 Å². The molecule has 0 bridgehead atoms. The van der Waals surface area contributed by atoms with Gasteiger partial charge < -0.3 is 0 Å². The molecule has 0 radical (unpaired) electrons. The van der Waals surface area contributed by atoms with Crippen molar-refractivity contribution in [3.05, 3.63) is 0 Å². The highest BCUT2D eigenvalue weighted by atomic mass is 15.7. The zero-order chi connectivity index (χ0) is 6.04. The van der Waals surface area contributed by atoms with Gasteiger partial charge in [-0.05, 0) is 13.3 Å². The fourth-order valence-corrected chi connectivity index (χ4v) is 0.762. The molecule has 8 heavy (non-hydrogen) atoms. The quantitative estimate of drug-likeness (QED) is 0.537. The number of nitrogens with one attached hydrogen (secondary N) is 2. The van der Waals surface area contributed by atoms with E-state index in [1.165, 1.54) is 19.3 Å². The van der Waals surface area contributed by atoms with Gasteiger partial charge in [-0.25, -0.2) is 10.9 Å². The molecule has 1 saturated heterocycles. The molecule has 1 fully saturated rings. The van der Waals surface area contributed by atoms with Crippen LogP contribution in [0.3, 0.4) is 0 Å². The third-order valence-electron chi connectivity index (χ3n) is 1.58. The fourth-order valence-electron chi connectivity index (χ4n) is 0.762. The number of unbranched alkanes of at least 4 members (excludes halogenated alkanes) is 1. The van der Waals surface area contributed by atoms with E-state index in [1.54, 1.807) is 0 Å². The molecule has 1 heterocycles. The molecule has 0 saturated carbocycles. The molecule has 1 rings (SSSR count). The summed E-state index contributed by atoms with van der Waals surface area (Å²) in [4.78, 5) is 0. The summed E-state index contributed by atoms with van der Waals surface area (Å²) >= 11 is 0. The lowest BCUT2D eigenvalue weighted by Gasteiger charge is -1.99. The Kier molecular flexibility index (Phi) is 1.54. The Balaban J connectivity index is 2.01. The first kappa shape index (κ1) is 6.05. The summed E-state index contributed by atoms with van der Waals surface area (Å²) in [5, 5.41) is 0. The number of hydrogen-bond acceptors (Lipinski definition) is 2. The third-order valence-corrected chi connectivity index (χ3v) is 1.58. The molecule has 48 valence electrons. The third kappa shape index (κ3) is 1.46. The Hall–Kier alpha value is -0.0800. The van der Waals surface area contributed by atoms with Crippen molar-refractivity contribution in [1.29, 1.82) is 0 Å². The number of hydrogen-bond donors (Lipinski definition) is 2. The van der Waals surface area contributed by atoms with E-state index in [2.05, 4.69) is 24.7 Å². The van der Waals surface area contributed by atoms with Gasteiger partial charge in [-0.1, -0.05) is 19.8 Å². The summed E-state index contributed by atoms with van der Waals surface area (Å²) in [6.07, 6.45) is 3.86. The van der Waals surface area contributed by atoms with Crippen LogP contribution in [0.2, 0.25) is 0 Å². The largest absolute Gasteiger partial charge is 0.235 e. The average Bonchev–Trinajstić information content (AvgIpc) is 2.45. The van der Waals surface area contributed by atoms with Crippen LogP contribution < -0.4 is 10.9 Å². The summed E-state index contributed by atoms with van der Waals surface area (Å²) in [5.74, 6) is 0. The average molecular weight is 114 g/mol. The van der Waals surface area contributed by atoms with Gasteiger partial charge in [0.05, 0.1) is 5.66 Å². The predicted molar refractivity (Wildman–Crippen MR) is 34.2 cm³/mol. The van der Waals surface area contributed by atoms with Crippen LogP contribution in [-0.2, 0) is 0 Å². The van der Waals surface area contributed by atoms with Crippen LogP contribution in [0.4, 0.5) is 0 Å². The maximum absolute atomic E-state index is 3.10. The van der Waals surface area contributed by atoms with Crippen LogP contribution in [0.15, 0.2) is 0 Å². The van der Waals surface area contributed by atoms with Crippen LogP contribution in [0.5, 0.6) is 0 Å². The second-order valence-corrected chi connectivity index (χ2v) is 2.69. The predicted octanol–water partition coefficient (Wildman–Crippen LogP) is 1.00. The van der Waals surface area contributed by atoms with Gasteiger partial charge in [0.2, 0.25) is 0 Å². The second-order valence-electron chi connectivity index (χ2n) is 2.69. The molecule has 0 aromatic heterocycles. The summed E-state index contributed by atoms with van der Waals surface area (Å²) in [5.41, 5.74) is 6.49.